The highest BCUT2D eigenvalue weighted by molar-refractivity contribution is 6.21. The highest BCUT2D eigenvalue weighted by Gasteiger charge is 2.36. The number of rotatable bonds is 5. The van der Waals surface area contributed by atoms with Crippen LogP contribution in [0.1, 0.15) is 20.7 Å². The zero-order valence-electron chi connectivity index (χ0n) is 11.8. The summed E-state index contributed by atoms with van der Waals surface area (Å²) in [6.45, 7) is -0.0728. The van der Waals surface area contributed by atoms with E-state index >= 15 is 0 Å². The van der Waals surface area contributed by atoms with Crippen LogP contribution >= 0.6 is 0 Å². The highest BCUT2D eigenvalue weighted by Crippen LogP contribution is 2.22. The van der Waals surface area contributed by atoms with Crippen LogP contribution in [0.2, 0.25) is 0 Å². The smallest absolute Gasteiger partial charge is 0.261 e. The number of hydrogen-bond acceptors (Lipinski definition) is 4. The lowest BCUT2D eigenvalue weighted by Crippen LogP contribution is -2.39. The fourth-order valence-electron chi connectivity index (χ4n) is 2.38. The van der Waals surface area contributed by atoms with E-state index in [0.717, 1.165) is 4.90 Å². The predicted octanol–water partition coefficient (Wildman–Crippen LogP) is 1.72. The Morgan fingerprint density at radius 2 is 1.45 bits per heavy atom. The van der Waals surface area contributed by atoms with Crippen LogP contribution < -0.4 is 4.74 Å². The zero-order chi connectivity index (χ0) is 15.5. The van der Waals surface area contributed by atoms with Crippen LogP contribution in [0.5, 0.6) is 5.75 Å². The number of nitrogens with zero attached hydrogens (tertiary/aromatic N) is 1. The maximum atomic E-state index is 12.2. The molecule has 2 aromatic carbocycles. The minimum absolute atomic E-state index is 0.0113. The molecule has 1 atom stereocenters. The van der Waals surface area contributed by atoms with E-state index in [0.29, 0.717) is 16.9 Å². The Morgan fingerprint density at radius 1 is 0.909 bits per heavy atom. The number of β-amino-alcohol motifs (C(OH)–C–C–N with tert-alkyl or cyclic N) is 1. The molecule has 1 N–H and O–H groups in total. The van der Waals surface area contributed by atoms with Gasteiger partial charge in [0.2, 0.25) is 0 Å². The number of para-hydroxylation sites is 1. The molecule has 112 valence electrons. The molecule has 22 heavy (non-hydrogen) atoms. The number of amides is 2. The van der Waals surface area contributed by atoms with Crippen LogP contribution in [0.15, 0.2) is 54.6 Å². The molecular formula is C17H15NO4. The maximum Gasteiger partial charge on any atom is 0.261 e. The number of aliphatic hydroxyl groups excluding tert-OH is 1. The van der Waals surface area contributed by atoms with Crippen molar-refractivity contribution in [2.24, 2.45) is 0 Å². The molecule has 1 aliphatic heterocycles. The van der Waals surface area contributed by atoms with Gasteiger partial charge in [-0.15, -0.1) is 0 Å². The fraction of sp³-hybridized carbons (Fsp3) is 0.176. The highest BCUT2D eigenvalue weighted by atomic mass is 16.5. The molecule has 0 unspecified atom stereocenters. The molecule has 0 fully saturated rings. The monoisotopic (exact) mass is 297 g/mol. The number of imide groups is 1. The van der Waals surface area contributed by atoms with Gasteiger partial charge >= 0.3 is 0 Å². The third-order valence-corrected chi connectivity index (χ3v) is 3.46. The fourth-order valence-corrected chi connectivity index (χ4v) is 2.38. The summed E-state index contributed by atoms with van der Waals surface area (Å²) in [4.78, 5) is 25.4. The SMILES string of the molecule is O=C1c2ccccc2C(=O)N1C[C@@H](O)COc1ccccc1. The van der Waals surface area contributed by atoms with Crippen molar-refractivity contribution in [2.45, 2.75) is 6.10 Å². The second kappa shape index (κ2) is 5.99. The molecule has 2 amide bonds. The number of benzene rings is 2. The topological polar surface area (TPSA) is 66.8 Å². The Balaban J connectivity index is 1.62. The Labute approximate surface area is 127 Å². The molecule has 2 aromatic rings. The molecule has 0 spiro atoms. The number of carbonyl (C=O) groups excluding carboxylic acids is 2. The summed E-state index contributed by atoms with van der Waals surface area (Å²) in [6, 6.07) is 15.7. The summed E-state index contributed by atoms with van der Waals surface area (Å²) < 4.78 is 5.43. The van der Waals surface area contributed by atoms with Gasteiger partial charge in [-0.1, -0.05) is 30.3 Å². The van der Waals surface area contributed by atoms with E-state index in [1.807, 2.05) is 18.2 Å². The van der Waals surface area contributed by atoms with Crippen LogP contribution in [0.4, 0.5) is 0 Å². The van der Waals surface area contributed by atoms with Gasteiger partial charge < -0.3 is 9.84 Å². The van der Waals surface area contributed by atoms with Gasteiger partial charge in [0.25, 0.3) is 11.8 Å². The van der Waals surface area contributed by atoms with Crippen molar-refractivity contribution in [3.05, 3.63) is 65.7 Å². The largest absolute Gasteiger partial charge is 0.491 e. The summed E-state index contributed by atoms with van der Waals surface area (Å²) >= 11 is 0. The van der Waals surface area contributed by atoms with Gasteiger partial charge in [-0.05, 0) is 24.3 Å². The van der Waals surface area contributed by atoms with Crippen molar-refractivity contribution in [2.75, 3.05) is 13.2 Å². The number of carbonyl (C=O) groups is 2. The lowest BCUT2D eigenvalue weighted by atomic mass is 10.1. The normalized spacial score (nSPS) is 14.9. The van der Waals surface area contributed by atoms with Gasteiger partial charge in [-0.2, -0.15) is 0 Å². The van der Waals surface area contributed by atoms with Crippen molar-refractivity contribution in [3.63, 3.8) is 0 Å². The van der Waals surface area contributed by atoms with Gasteiger partial charge in [0.1, 0.15) is 18.5 Å². The third kappa shape index (κ3) is 2.71. The molecule has 0 bridgehead atoms. The maximum absolute atomic E-state index is 12.2. The van der Waals surface area contributed by atoms with E-state index < -0.39 is 6.10 Å². The zero-order valence-corrected chi connectivity index (χ0v) is 11.8. The van der Waals surface area contributed by atoms with E-state index in [-0.39, 0.29) is 25.0 Å². The van der Waals surface area contributed by atoms with Crippen LogP contribution in [0, 0.1) is 0 Å². The molecule has 0 aliphatic carbocycles. The minimum Gasteiger partial charge on any atom is -0.491 e. The van der Waals surface area contributed by atoms with E-state index in [4.69, 9.17) is 4.74 Å². The van der Waals surface area contributed by atoms with Crippen molar-refractivity contribution in [3.8, 4) is 5.75 Å². The standard InChI is InChI=1S/C17H15NO4/c19-12(11-22-13-6-2-1-3-7-13)10-18-16(20)14-8-4-5-9-15(14)17(18)21/h1-9,12,19H,10-11H2/t12-/m1/s1. The molecule has 5 nitrogen and oxygen atoms in total. The van der Waals surface area contributed by atoms with Crippen LogP contribution in [-0.4, -0.2) is 41.1 Å². The van der Waals surface area contributed by atoms with E-state index in [1.54, 1.807) is 36.4 Å². The molecule has 0 radical (unpaired) electrons. The molecular weight excluding hydrogens is 282 g/mol. The van der Waals surface area contributed by atoms with Crippen LogP contribution in [-0.2, 0) is 0 Å². The first-order chi connectivity index (χ1) is 10.7. The molecule has 1 heterocycles. The van der Waals surface area contributed by atoms with Crippen LogP contribution in [0.25, 0.3) is 0 Å². The van der Waals surface area contributed by atoms with Gasteiger partial charge in [0.05, 0.1) is 17.7 Å². The van der Waals surface area contributed by atoms with E-state index in [1.165, 1.54) is 0 Å². The second-order valence-corrected chi connectivity index (χ2v) is 5.04. The molecule has 0 saturated heterocycles. The van der Waals surface area contributed by atoms with Gasteiger partial charge in [0, 0.05) is 0 Å². The molecule has 0 aromatic heterocycles. The van der Waals surface area contributed by atoms with Crippen LogP contribution in [0.3, 0.4) is 0 Å². The number of hydrogen-bond donors (Lipinski definition) is 1. The average Bonchev–Trinajstić information content (AvgIpc) is 2.79. The van der Waals surface area contributed by atoms with E-state index in [2.05, 4.69) is 0 Å². The van der Waals surface area contributed by atoms with E-state index in [9.17, 15) is 14.7 Å². The Kier molecular flexibility index (Phi) is 3.89. The first-order valence-corrected chi connectivity index (χ1v) is 6.98. The predicted molar refractivity (Wildman–Crippen MR) is 79.8 cm³/mol. The number of aliphatic hydroxyl groups is 1. The summed E-state index contributed by atoms with van der Waals surface area (Å²) in [6.07, 6.45) is -0.942. The summed E-state index contributed by atoms with van der Waals surface area (Å²) in [5.41, 5.74) is 0.757. The number of fused-ring (bicyclic) bond motifs is 1. The molecule has 1 aliphatic rings. The Bertz CT molecular complexity index is 664. The molecule has 0 saturated carbocycles. The van der Waals surface area contributed by atoms with Gasteiger partial charge in [0.15, 0.2) is 0 Å². The first kappa shape index (κ1) is 14.3. The van der Waals surface area contributed by atoms with Crippen molar-refractivity contribution in [1.82, 2.24) is 4.90 Å². The molecule has 5 heteroatoms. The summed E-state index contributed by atoms with van der Waals surface area (Å²) in [5, 5.41) is 10.0. The average molecular weight is 297 g/mol. The third-order valence-electron chi connectivity index (χ3n) is 3.46. The van der Waals surface area contributed by atoms with Gasteiger partial charge in [-0.25, -0.2) is 0 Å². The quantitative estimate of drug-likeness (QED) is 0.853. The first-order valence-electron chi connectivity index (χ1n) is 6.98. The summed E-state index contributed by atoms with van der Waals surface area (Å²) in [7, 11) is 0. The summed E-state index contributed by atoms with van der Waals surface area (Å²) in [5.74, 6) is -0.123. The van der Waals surface area contributed by atoms with Crippen molar-refractivity contribution >= 4 is 11.8 Å². The Hall–Kier alpha value is -2.66. The van der Waals surface area contributed by atoms with Crippen molar-refractivity contribution < 1.29 is 19.4 Å². The second-order valence-electron chi connectivity index (χ2n) is 5.04. The lowest BCUT2D eigenvalue weighted by molar-refractivity contribution is 0.0457. The lowest BCUT2D eigenvalue weighted by Gasteiger charge is -2.18. The Morgan fingerprint density at radius 3 is 2.05 bits per heavy atom. The number of ether oxygens (including phenoxy) is 1. The minimum atomic E-state index is -0.942. The van der Waals surface area contributed by atoms with Crippen molar-refractivity contribution in [1.29, 1.82) is 0 Å². The molecule has 3 rings (SSSR count). The van der Waals surface area contributed by atoms with Gasteiger partial charge in [-0.3, -0.25) is 14.5 Å².